The molecule has 6 rings (SSSR count). The lowest BCUT2D eigenvalue weighted by Gasteiger charge is -2.36. The normalized spacial score (nSPS) is 27.8. The molecule has 234 valence electrons. The van der Waals surface area contributed by atoms with Gasteiger partial charge in [-0.05, 0) is 74.1 Å². The van der Waals surface area contributed by atoms with E-state index in [-0.39, 0.29) is 41.2 Å². The van der Waals surface area contributed by atoms with Gasteiger partial charge in [-0.2, -0.15) is 0 Å². The van der Waals surface area contributed by atoms with Gasteiger partial charge < -0.3 is 30.0 Å². The van der Waals surface area contributed by atoms with E-state index in [1.54, 1.807) is 23.1 Å². The molecule has 2 saturated carbocycles. The fourth-order valence-corrected chi connectivity index (χ4v) is 7.98. The van der Waals surface area contributed by atoms with E-state index in [1.807, 2.05) is 11.0 Å². The number of nitrogens with zero attached hydrogens (tertiary/aromatic N) is 2. The number of nitrogens with one attached hydrogen (secondary N) is 1. The van der Waals surface area contributed by atoms with Crippen LogP contribution in [0.4, 0.5) is 10.1 Å². The number of carbonyl (C=O) groups excluding carboxylic acids is 3. The van der Waals surface area contributed by atoms with Crippen LogP contribution in [0.15, 0.2) is 28.7 Å². The summed E-state index contributed by atoms with van der Waals surface area (Å²) in [5.74, 6) is 0.553. The molecule has 0 spiro atoms. The Labute approximate surface area is 252 Å². The van der Waals surface area contributed by atoms with Crippen LogP contribution in [0.5, 0.6) is 0 Å². The molecule has 43 heavy (non-hydrogen) atoms. The zero-order valence-electron chi connectivity index (χ0n) is 25.0. The average Bonchev–Trinajstić information content (AvgIpc) is 3.69. The second-order valence-electron chi connectivity index (χ2n) is 13.0. The maximum absolute atomic E-state index is 14.0. The summed E-state index contributed by atoms with van der Waals surface area (Å²) in [7, 11) is 0. The molecule has 2 saturated heterocycles. The topological polar surface area (TPSA) is 118 Å². The summed E-state index contributed by atoms with van der Waals surface area (Å²) in [4.78, 5) is 44.5. The number of benzene rings is 1. The largest absolute Gasteiger partial charge is 0.451 e. The summed E-state index contributed by atoms with van der Waals surface area (Å²) in [6.45, 7) is 2.15. The first-order valence-corrected chi connectivity index (χ1v) is 16.3. The van der Waals surface area contributed by atoms with E-state index >= 15 is 0 Å². The van der Waals surface area contributed by atoms with E-state index in [1.165, 1.54) is 19.3 Å². The van der Waals surface area contributed by atoms with Crippen molar-refractivity contribution >= 4 is 34.4 Å². The number of carbonyl (C=O) groups is 3. The zero-order chi connectivity index (χ0) is 29.9. The standard InChI is InChI=1S/C33H45FN4O5/c34-20-27(35)22-6-8-23(9-7-22)32(40)38-13-12-26(21-4-2-1-3-5-21)30(38)31(39)36-25-10-11-28-24(18-25)19-29(43-28)33(41)37-14-16-42-17-15-37/h10-11,18-19,21-23,26-27,30H,1-9,12-17,20,35H2,(H,36,39)/t22?,23?,26-,27?,30-/m0/s1. The molecule has 1 unspecified atom stereocenters. The van der Waals surface area contributed by atoms with Gasteiger partial charge in [-0.3, -0.25) is 14.4 Å². The highest BCUT2D eigenvalue weighted by atomic mass is 19.1. The molecule has 3 atom stereocenters. The number of furan rings is 1. The molecule has 2 aliphatic carbocycles. The Morgan fingerprint density at radius 3 is 2.42 bits per heavy atom. The second kappa shape index (κ2) is 13.3. The fraction of sp³-hybridized carbons (Fsp3) is 0.667. The Morgan fingerprint density at radius 1 is 0.953 bits per heavy atom. The lowest BCUT2D eigenvalue weighted by atomic mass is 9.76. The van der Waals surface area contributed by atoms with Crippen LogP contribution in [0.2, 0.25) is 0 Å². The molecule has 0 radical (unpaired) electrons. The number of alkyl halides is 1. The van der Waals surface area contributed by atoms with Crippen molar-refractivity contribution in [3.8, 4) is 0 Å². The number of hydrogen-bond donors (Lipinski definition) is 2. The quantitative estimate of drug-likeness (QED) is 0.477. The predicted molar refractivity (Wildman–Crippen MR) is 161 cm³/mol. The SMILES string of the molecule is NC(CF)C1CCC(C(=O)N2CC[C@@H](C3CCCCC3)[C@H]2C(=O)Nc2ccc3oc(C(=O)N4CCOCC4)cc3c2)CC1. The van der Waals surface area contributed by atoms with Gasteiger partial charge in [0.15, 0.2) is 5.76 Å². The Kier molecular flexibility index (Phi) is 9.33. The highest BCUT2D eigenvalue weighted by Gasteiger charge is 2.47. The number of halogens is 1. The number of anilines is 1. The summed E-state index contributed by atoms with van der Waals surface area (Å²) in [5, 5.41) is 3.86. The number of amides is 3. The van der Waals surface area contributed by atoms with Gasteiger partial charge in [0, 0.05) is 42.7 Å². The molecule has 1 aromatic carbocycles. The Balaban J connectivity index is 1.18. The Morgan fingerprint density at radius 2 is 1.70 bits per heavy atom. The first kappa shape index (κ1) is 30.1. The molecular formula is C33H45FN4O5. The van der Waals surface area contributed by atoms with E-state index < -0.39 is 18.8 Å². The summed E-state index contributed by atoms with van der Waals surface area (Å²) < 4.78 is 24.4. The van der Waals surface area contributed by atoms with Crippen LogP contribution in [0.1, 0.15) is 74.8 Å². The number of likely N-dealkylation sites (tertiary alicyclic amines) is 1. The van der Waals surface area contributed by atoms with Gasteiger partial charge in [-0.15, -0.1) is 0 Å². The number of fused-ring (bicyclic) bond motifs is 1. The molecule has 0 bridgehead atoms. The van der Waals surface area contributed by atoms with Crippen LogP contribution in [0.25, 0.3) is 11.0 Å². The van der Waals surface area contributed by atoms with Crippen molar-refractivity contribution in [2.45, 2.75) is 76.3 Å². The van der Waals surface area contributed by atoms with Crippen LogP contribution < -0.4 is 11.1 Å². The van der Waals surface area contributed by atoms with Gasteiger partial charge in [0.25, 0.3) is 5.91 Å². The minimum atomic E-state index is -0.531. The van der Waals surface area contributed by atoms with Crippen molar-refractivity contribution in [1.29, 1.82) is 0 Å². The van der Waals surface area contributed by atoms with Gasteiger partial charge in [0.2, 0.25) is 11.8 Å². The molecule has 2 aliphatic heterocycles. The van der Waals surface area contributed by atoms with Gasteiger partial charge >= 0.3 is 0 Å². The fourth-order valence-electron chi connectivity index (χ4n) is 7.98. The number of nitrogens with two attached hydrogens (primary N) is 1. The van der Waals surface area contributed by atoms with Crippen LogP contribution >= 0.6 is 0 Å². The number of ether oxygens (including phenoxy) is 1. The van der Waals surface area contributed by atoms with E-state index in [0.717, 1.165) is 37.5 Å². The zero-order valence-corrected chi connectivity index (χ0v) is 25.0. The van der Waals surface area contributed by atoms with Crippen LogP contribution in [0, 0.1) is 23.7 Å². The molecule has 3 amide bonds. The first-order chi connectivity index (χ1) is 20.9. The summed E-state index contributed by atoms with van der Waals surface area (Å²) in [6, 6.07) is 6.15. The molecule has 2 aromatic rings. The van der Waals surface area contributed by atoms with Gasteiger partial charge in [-0.25, -0.2) is 4.39 Å². The molecule has 3 N–H and O–H groups in total. The third-order valence-corrected chi connectivity index (χ3v) is 10.4. The molecule has 10 heteroatoms. The van der Waals surface area contributed by atoms with Crippen molar-refractivity contribution in [2.24, 2.45) is 29.4 Å². The van der Waals surface area contributed by atoms with E-state index in [2.05, 4.69) is 5.32 Å². The van der Waals surface area contributed by atoms with E-state index in [9.17, 15) is 18.8 Å². The molecular weight excluding hydrogens is 551 g/mol. The van der Waals surface area contributed by atoms with Crippen LogP contribution in [-0.4, -0.2) is 79.1 Å². The van der Waals surface area contributed by atoms with E-state index in [4.69, 9.17) is 14.9 Å². The molecule has 1 aromatic heterocycles. The van der Waals surface area contributed by atoms with Gasteiger partial charge in [-0.1, -0.05) is 32.1 Å². The van der Waals surface area contributed by atoms with Crippen molar-refractivity contribution in [2.75, 3.05) is 44.8 Å². The van der Waals surface area contributed by atoms with Crippen LogP contribution in [0.3, 0.4) is 0 Å². The highest BCUT2D eigenvalue weighted by molar-refractivity contribution is 6.01. The molecule has 4 aliphatic rings. The summed E-state index contributed by atoms with van der Waals surface area (Å²) in [5.41, 5.74) is 7.16. The molecule has 3 heterocycles. The lowest BCUT2D eigenvalue weighted by molar-refractivity contribution is -0.142. The lowest BCUT2D eigenvalue weighted by Crippen LogP contribution is -2.50. The minimum absolute atomic E-state index is 0.0577. The van der Waals surface area contributed by atoms with Crippen molar-refractivity contribution in [3.63, 3.8) is 0 Å². The smallest absolute Gasteiger partial charge is 0.289 e. The summed E-state index contributed by atoms with van der Waals surface area (Å²) in [6.07, 6.45) is 9.50. The van der Waals surface area contributed by atoms with E-state index in [0.29, 0.717) is 62.9 Å². The van der Waals surface area contributed by atoms with Gasteiger partial charge in [0.05, 0.1) is 13.2 Å². The van der Waals surface area contributed by atoms with Crippen LogP contribution in [-0.2, 0) is 14.3 Å². The van der Waals surface area contributed by atoms with Gasteiger partial charge in [0.1, 0.15) is 18.3 Å². The minimum Gasteiger partial charge on any atom is -0.451 e. The first-order valence-electron chi connectivity index (χ1n) is 16.3. The Hall–Kier alpha value is -2.98. The third kappa shape index (κ3) is 6.45. The maximum atomic E-state index is 14.0. The second-order valence-corrected chi connectivity index (χ2v) is 13.0. The highest BCUT2D eigenvalue weighted by Crippen LogP contribution is 2.41. The monoisotopic (exact) mass is 596 g/mol. The summed E-state index contributed by atoms with van der Waals surface area (Å²) >= 11 is 0. The third-order valence-electron chi connectivity index (χ3n) is 10.4. The average molecular weight is 597 g/mol. The maximum Gasteiger partial charge on any atom is 0.289 e. The van der Waals surface area contributed by atoms with Crippen molar-refractivity contribution in [3.05, 3.63) is 30.0 Å². The molecule has 9 nitrogen and oxygen atoms in total. The van der Waals surface area contributed by atoms with Crippen molar-refractivity contribution < 1.29 is 27.9 Å². The van der Waals surface area contributed by atoms with Crippen molar-refractivity contribution in [1.82, 2.24) is 9.80 Å². The number of morpholine rings is 1. The number of rotatable bonds is 7. The Bertz CT molecular complexity index is 1300. The number of hydrogen-bond acceptors (Lipinski definition) is 6. The predicted octanol–water partition coefficient (Wildman–Crippen LogP) is 4.74. The molecule has 4 fully saturated rings.